The highest BCUT2D eigenvalue weighted by Gasteiger charge is 2.17. The minimum atomic E-state index is 0.474. The van der Waals surface area contributed by atoms with Crippen LogP contribution >= 0.6 is 15.9 Å². The van der Waals surface area contributed by atoms with E-state index in [0.717, 1.165) is 11.2 Å². The van der Waals surface area contributed by atoms with Gasteiger partial charge in [0, 0.05) is 11.4 Å². The van der Waals surface area contributed by atoms with E-state index in [0.29, 0.717) is 6.04 Å². The van der Waals surface area contributed by atoms with Crippen molar-refractivity contribution in [1.29, 1.82) is 0 Å². The zero-order valence-corrected chi connectivity index (χ0v) is 13.0. The van der Waals surface area contributed by atoms with Gasteiger partial charge in [-0.3, -0.25) is 0 Å². The van der Waals surface area contributed by atoms with Gasteiger partial charge in [0.2, 0.25) is 0 Å². The van der Waals surface area contributed by atoms with Crippen molar-refractivity contribution in [3.63, 3.8) is 0 Å². The van der Waals surface area contributed by atoms with Gasteiger partial charge in [-0.1, -0.05) is 40.8 Å². The quantitative estimate of drug-likeness (QED) is 0.729. The van der Waals surface area contributed by atoms with E-state index in [9.17, 15) is 0 Å². The van der Waals surface area contributed by atoms with Crippen molar-refractivity contribution in [3.8, 4) is 0 Å². The molecule has 0 atom stereocenters. The molecule has 1 aromatic rings. The van der Waals surface area contributed by atoms with E-state index in [1.54, 1.807) is 0 Å². The molecule has 1 aromatic heterocycles. The first-order valence-electron chi connectivity index (χ1n) is 7.00. The number of aromatic nitrogens is 2. The van der Waals surface area contributed by atoms with Gasteiger partial charge in [-0.2, -0.15) is 0 Å². The Morgan fingerprint density at radius 3 is 2.78 bits per heavy atom. The third kappa shape index (κ3) is 3.25. The molecule has 2 nitrogen and oxygen atoms in total. The second-order valence-corrected chi connectivity index (χ2v) is 6.07. The molecule has 2 rings (SSSR count). The van der Waals surface area contributed by atoms with Crippen molar-refractivity contribution in [1.82, 2.24) is 9.55 Å². The van der Waals surface area contributed by atoms with Crippen LogP contribution in [0.4, 0.5) is 0 Å². The molecule has 0 unspecified atom stereocenters. The molecule has 1 heterocycles. The van der Waals surface area contributed by atoms with E-state index in [1.165, 1.54) is 43.4 Å². The van der Waals surface area contributed by atoms with Gasteiger partial charge in [-0.15, -0.1) is 0 Å². The number of nitrogens with zero attached hydrogens (tertiary/aromatic N) is 2. The first-order chi connectivity index (χ1) is 8.72. The lowest BCUT2D eigenvalue weighted by atomic mass is 9.84. The SMILES string of the molecule is CC(C)n1cncc1C=C(CBr)C1CCCCC1. The van der Waals surface area contributed by atoms with Crippen LogP contribution in [0.1, 0.15) is 57.7 Å². The molecule has 1 saturated carbocycles. The van der Waals surface area contributed by atoms with Gasteiger partial charge < -0.3 is 4.57 Å². The van der Waals surface area contributed by atoms with Crippen LogP contribution in [0.25, 0.3) is 6.08 Å². The van der Waals surface area contributed by atoms with E-state index in [-0.39, 0.29) is 0 Å². The zero-order valence-electron chi connectivity index (χ0n) is 11.4. The Hall–Kier alpha value is -0.570. The first kappa shape index (κ1) is 13.9. The Morgan fingerprint density at radius 2 is 2.17 bits per heavy atom. The van der Waals surface area contributed by atoms with Gasteiger partial charge in [0.05, 0.1) is 18.2 Å². The Labute approximate surface area is 119 Å². The molecular formula is C15H23BrN2. The first-order valence-corrected chi connectivity index (χ1v) is 8.12. The Morgan fingerprint density at radius 1 is 1.44 bits per heavy atom. The van der Waals surface area contributed by atoms with Crippen molar-refractivity contribution in [3.05, 3.63) is 23.8 Å². The highest BCUT2D eigenvalue weighted by Crippen LogP contribution is 2.31. The lowest BCUT2D eigenvalue weighted by Gasteiger charge is -2.23. The molecule has 1 aliphatic rings. The number of allylic oxidation sites excluding steroid dienone is 1. The molecule has 0 bridgehead atoms. The summed E-state index contributed by atoms with van der Waals surface area (Å²) in [7, 11) is 0. The fourth-order valence-electron chi connectivity index (χ4n) is 2.79. The average Bonchev–Trinajstić information content (AvgIpc) is 2.85. The molecule has 0 saturated heterocycles. The predicted octanol–water partition coefficient (Wildman–Crippen LogP) is 4.82. The zero-order chi connectivity index (χ0) is 13.0. The maximum absolute atomic E-state index is 4.28. The van der Waals surface area contributed by atoms with E-state index >= 15 is 0 Å². The maximum Gasteiger partial charge on any atom is 0.0953 e. The van der Waals surface area contributed by atoms with Crippen LogP contribution in [0.3, 0.4) is 0 Å². The van der Waals surface area contributed by atoms with Crippen LogP contribution in [0.5, 0.6) is 0 Å². The second kappa shape index (κ2) is 6.55. The minimum Gasteiger partial charge on any atom is -0.329 e. The number of hydrogen-bond acceptors (Lipinski definition) is 1. The van der Waals surface area contributed by atoms with Crippen molar-refractivity contribution in [2.24, 2.45) is 5.92 Å². The number of halogens is 1. The summed E-state index contributed by atoms with van der Waals surface area (Å²) in [4.78, 5) is 4.28. The molecule has 0 aromatic carbocycles. The number of hydrogen-bond donors (Lipinski definition) is 0. The molecule has 0 spiro atoms. The third-order valence-electron chi connectivity index (χ3n) is 3.87. The standard InChI is InChI=1S/C15H23BrN2/c1-12(2)18-11-17-10-15(18)8-14(9-16)13-6-4-3-5-7-13/h8,10-13H,3-7,9H2,1-2H3. The summed E-state index contributed by atoms with van der Waals surface area (Å²) in [6.07, 6.45) is 13.2. The summed E-state index contributed by atoms with van der Waals surface area (Å²) < 4.78 is 2.24. The molecule has 0 amide bonds. The topological polar surface area (TPSA) is 17.8 Å². The Balaban J connectivity index is 2.19. The van der Waals surface area contributed by atoms with E-state index < -0.39 is 0 Å². The van der Waals surface area contributed by atoms with E-state index in [1.807, 2.05) is 12.5 Å². The maximum atomic E-state index is 4.28. The molecule has 3 heteroatoms. The molecule has 18 heavy (non-hydrogen) atoms. The van der Waals surface area contributed by atoms with Crippen LogP contribution < -0.4 is 0 Å². The fraction of sp³-hybridized carbons (Fsp3) is 0.667. The van der Waals surface area contributed by atoms with Crippen molar-refractivity contribution in [2.75, 3.05) is 5.33 Å². The third-order valence-corrected chi connectivity index (χ3v) is 4.52. The number of alkyl halides is 1. The molecule has 0 radical (unpaired) electrons. The summed E-state index contributed by atoms with van der Waals surface area (Å²) >= 11 is 3.66. The van der Waals surface area contributed by atoms with Gasteiger partial charge in [-0.05, 0) is 38.7 Å². The second-order valence-electron chi connectivity index (χ2n) is 5.51. The number of rotatable bonds is 4. The Bertz CT molecular complexity index is 400. The van der Waals surface area contributed by atoms with E-state index in [2.05, 4.69) is 45.4 Å². The fourth-order valence-corrected chi connectivity index (χ4v) is 3.41. The van der Waals surface area contributed by atoms with Crippen LogP contribution in [0.15, 0.2) is 18.1 Å². The highest BCUT2D eigenvalue weighted by molar-refractivity contribution is 9.09. The highest BCUT2D eigenvalue weighted by atomic mass is 79.9. The van der Waals surface area contributed by atoms with Crippen LogP contribution in [0.2, 0.25) is 0 Å². The van der Waals surface area contributed by atoms with Crippen molar-refractivity contribution in [2.45, 2.75) is 52.0 Å². The van der Waals surface area contributed by atoms with Crippen molar-refractivity contribution >= 4 is 22.0 Å². The normalized spacial score (nSPS) is 18.6. The van der Waals surface area contributed by atoms with Gasteiger partial charge in [0.1, 0.15) is 0 Å². The van der Waals surface area contributed by atoms with Gasteiger partial charge in [0.15, 0.2) is 0 Å². The minimum absolute atomic E-state index is 0.474. The van der Waals surface area contributed by atoms with Crippen LogP contribution in [-0.4, -0.2) is 14.9 Å². The van der Waals surface area contributed by atoms with Crippen LogP contribution in [-0.2, 0) is 0 Å². The average molecular weight is 311 g/mol. The summed E-state index contributed by atoms with van der Waals surface area (Å²) in [5.74, 6) is 0.772. The summed E-state index contributed by atoms with van der Waals surface area (Å²) in [5.41, 5.74) is 2.78. The molecule has 0 aliphatic heterocycles. The number of imidazole rings is 1. The molecule has 1 aliphatic carbocycles. The molecule has 1 fully saturated rings. The van der Waals surface area contributed by atoms with Gasteiger partial charge in [-0.25, -0.2) is 4.98 Å². The monoisotopic (exact) mass is 310 g/mol. The lowest BCUT2D eigenvalue weighted by molar-refractivity contribution is 0.405. The predicted molar refractivity (Wildman–Crippen MR) is 81.0 cm³/mol. The van der Waals surface area contributed by atoms with E-state index in [4.69, 9.17) is 0 Å². The summed E-state index contributed by atoms with van der Waals surface area (Å²) in [5, 5.41) is 0.987. The van der Waals surface area contributed by atoms with Gasteiger partial charge in [0.25, 0.3) is 0 Å². The molecular weight excluding hydrogens is 288 g/mol. The smallest absolute Gasteiger partial charge is 0.0953 e. The molecule has 100 valence electrons. The van der Waals surface area contributed by atoms with Gasteiger partial charge >= 0.3 is 0 Å². The van der Waals surface area contributed by atoms with Crippen molar-refractivity contribution < 1.29 is 0 Å². The lowest BCUT2D eigenvalue weighted by Crippen LogP contribution is -2.11. The summed E-state index contributed by atoms with van der Waals surface area (Å²) in [6.45, 7) is 4.40. The Kier molecular flexibility index (Phi) is 5.04. The molecule has 0 N–H and O–H groups in total. The van der Waals surface area contributed by atoms with Crippen LogP contribution in [0, 0.1) is 5.92 Å². The summed E-state index contributed by atoms with van der Waals surface area (Å²) in [6, 6.07) is 0.474. The largest absolute Gasteiger partial charge is 0.329 e.